The Labute approximate surface area is 164 Å². The van der Waals surface area contributed by atoms with Gasteiger partial charge < -0.3 is 15.0 Å². The molecule has 0 radical (unpaired) electrons. The Balaban J connectivity index is 1.77. The summed E-state index contributed by atoms with van der Waals surface area (Å²) in [6.07, 6.45) is 0.223. The average Bonchev–Trinajstić information content (AvgIpc) is 2.66. The van der Waals surface area contributed by atoms with Crippen molar-refractivity contribution >= 4 is 39.5 Å². The number of hydrogen-bond acceptors (Lipinski definition) is 5. The third-order valence-corrected chi connectivity index (χ3v) is 5.81. The van der Waals surface area contributed by atoms with Crippen LogP contribution in [0.2, 0.25) is 0 Å². The summed E-state index contributed by atoms with van der Waals surface area (Å²) in [6.45, 7) is 2.25. The predicted octanol–water partition coefficient (Wildman–Crippen LogP) is 2.38. The molecule has 0 aromatic heterocycles. The smallest absolute Gasteiger partial charge is 0.233 e. The zero-order valence-electron chi connectivity index (χ0n) is 14.0. The van der Waals surface area contributed by atoms with E-state index in [-0.39, 0.29) is 29.9 Å². The van der Waals surface area contributed by atoms with Crippen molar-refractivity contribution in [3.8, 4) is 6.07 Å². The molecule has 26 heavy (non-hydrogen) atoms. The molecule has 6 nitrogen and oxygen atoms in total. The number of benzene rings is 1. The highest BCUT2D eigenvalue weighted by Crippen LogP contribution is 2.36. The molecule has 136 valence electrons. The maximum atomic E-state index is 12.3. The molecule has 0 unspecified atom stereocenters. The lowest BCUT2D eigenvalue weighted by molar-refractivity contribution is -0.132. The Morgan fingerprint density at radius 1 is 1.42 bits per heavy atom. The van der Waals surface area contributed by atoms with E-state index in [0.29, 0.717) is 36.9 Å². The summed E-state index contributed by atoms with van der Waals surface area (Å²) in [5, 5.41) is 12.9. The first kappa shape index (κ1) is 19.0. The van der Waals surface area contributed by atoms with E-state index in [9.17, 15) is 14.9 Å². The molecule has 2 heterocycles. The van der Waals surface area contributed by atoms with Crippen LogP contribution >= 0.6 is 27.7 Å². The summed E-state index contributed by atoms with van der Waals surface area (Å²) in [7, 11) is 0. The van der Waals surface area contributed by atoms with Gasteiger partial charge in [0, 0.05) is 29.9 Å². The van der Waals surface area contributed by atoms with Gasteiger partial charge in [-0.05, 0) is 17.7 Å². The van der Waals surface area contributed by atoms with Crippen LogP contribution in [-0.4, -0.2) is 48.8 Å². The molecular formula is C18H18BrN3O3S. The Morgan fingerprint density at radius 3 is 2.88 bits per heavy atom. The first-order valence-electron chi connectivity index (χ1n) is 8.26. The summed E-state index contributed by atoms with van der Waals surface area (Å²) in [6, 6.07) is 9.84. The van der Waals surface area contributed by atoms with E-state index in [1.165, 1.54) is 11.8 Å². The minimum Gasteiger partial charge on any atom is -0.378 e. The highest BCUT2D eigenvalue weighted by molar-refractivity contribution is 9.10. The van der Waals surface area contributed by atoms with Gasteiger partial charge in [-0.3, -0.25) is 9.59 Å². The number of thioether (sulfide) groups is 1. The highest BCUT2D eigenvalue weighted by Gasteiger charge is 2.30. The molecule has 3 rings (SSSR count). The molecular weight excluding hydrogens is 418 g/mol. The predicted molar refractivity (Wildman–Crippen MR) is 102 cm³/mol. The van der Waals surface area contributed by atoms with E-state index < -0.39 is 0 Å². The maximum Gasteiger partial charge on any atom is 0.233 e. The zero-order valence-corrected chi connectivity index (χ0v) is 16.4. The molecule has 1 fully saturated rings. The number of halogens is 1. The van der Waals surface area contributed by atoms with Crippen molar-refractivity contribution < 1.29 is 14.3 Å². The number of allylic oxidation sites excluding steroid dienone is 1. The Hall–Kier alpha value is -1.82. The van der Waals surface area contributed by atoms with Crippen molar-refractivity contribution in [2.45, 2.75) is 12.3 Å². The van der Waals surface area contributed by atoms with Crippen LogP contribution in [0.4, 0.5) is 0 Å². The van der Waals surface area contributed by atoms with Gasteiger partial charge in [0.05, 0.1) is 35.6 Å². The fourth-order valence-electron chi connectivity index (χ4n) is 2.98. The molecule has 1 aromatic carbocycles. The van der Waals surface area contributed by atoms with Gasteiger partial charge in [0.2, 0.25) is 11.8 Å². The molecule has 2 aliphatic heterocycles. The van der Waals surface area contributed by atoms with Crippen LogP contribution < -0.4 is 5.32 Å². The molecule has 0 saturated carbocycles. The fourth-order valence-corrected chi connectivity index (χ4v) is 4.38. The van der Waals surface area contributed by atoms with E-state index in [1.807, 2.05) is 24.3 Å². The highest BCUT2D eigenvalue weighted by atomic mass is 79.9. The summed E-state index contributed by atoms with van der Waals surface area (Å²) in [5.41, 5.74) is 1.41. The third-order valence-electron chi connectivity index (χ3n) is 4.31. The van der Waals surface area contributed by atoms with E-state index in [4.69, 9.17) is 4.74 Å². The summed E-state index contributed by atoms with van der Waals surface area (Å²) >= 11 is 4.65. The fraction of sp³-hybridized carbons (Fsp3) is 0.389. The molecule has 1 N–H and O–H groups in total. The molecule has 1 saturated heterocycles. The van der Waals surface area contributed by atoms with Gasteiger partial charge in [0.25, 0.3) is 0 Å². The number of nitriles is 1. The number of morpholine rings is 1. The van der Waals surface area contributed by atoms with Crippen molar-refractivity contribution in [1.29, 1.82) is 5.26 Å². The standard InChI is InChI=1S/C18H18BrN3O3S/c19-13-3-1-2-12(8-13)14-9-16(23)21-18(15(14)10-20)26-11-17(24)22-4-6-25-7-5-22/h1-3,8,14H,4-7,9,11H2,(H,21,23)/t14-/m1/s1. The molecule has 8 heteroatoms. The van der Waals surface area contributed by atoms with E-state index in [2.05, 4.69) is 27.3 Å². The lowest BCUT2D eigenvalue weighted by Crippen LogP contribution is -2.42. The van der Waals surface area contributed by atoms with Crippen LogP contribution in [0.15, 0.2) is 39.3 Å². The molecule has 2 aliphatic rings. The Kier molecular flexibility index (Phi) is 6.35. The van der Waals surface area contributed by atoms with Gasteiger partial charge in [-0.15, -0.1) is 0 Å². The number of nitrogens with one attached hydrogen (secondary N) is 1. The maximum absolute atomic E-state index is 12.3. The number of nitrogens with zero attached hydrogens (tertiary/aromatic N) is 2. The van der Waals surface area contributed by atoms with Crippen LogP contribution in [0, 0.1) is 11.3 Å². The SMILES string of the molecule is N#CC1=C(SCC(=O)N2CCOCC2)NC(=O)C[C@@H]1c1cccc(Br)c1. The van der Waals surface area contributed by atoms with Crippen molar-refractivity contribution in [2.75, 3.05) is 32.1 Å². The van der Waals surface area contributed by atoms with E-state index in [1.54, 1.807) is 4.90 Å². The number of ether oxygens (including phenoxy) is 1. The molecule has 0 spiro atoms. The average molecular weight is 436 g/mol. The van der Waals surface area contributed by atoms with Gasteiger partial charge in [-0.2, -0.15) is 5.26 Å². The van der Waals surface area contributed by atoms with Crippen molar-refractivity contribution in [3.63, 3.8) is 0 Å². The van der Waals surface area contributed by atoms with Gasteiger partial charge in [0.15, 0.2) is 0 Å². The quantitative estimate of drug-likeness (QED) is 0.784. The van der Waals surface area contributed by atoms with Gasteiger partial charge >= 0.3 is 0 Å². The number of hydrogen-bond donors (Lipinski definition) is 1. The first-order valence-corrected chi connectivity index (χ1v) is 10.0. The molecule has 0 bridgehead atoms. The van der Waals surface area contributed by atoms with Crippen molar-refractivity contribution in [2.24, 2.45) is 0 Å². The second-order valence-electron chi connectivity index (χ2n) is 6.00. The van der Waals surface area contributed by atoms with Crippen LogP contribution in [0.5, 0.6) is 0 Å². The van der Waals surface area contributed by atoms with Crippen molar-refractivity contribution in [3.05, 3.63) is 44.9 Å². The number of carbonyl (C=O) groups is 2. The van der Waals surface area contributed by atoms with Crippen LogP contribution in [0.1, 0.15) is 17.9 Å². The third kappa shape index (κ3) is 4.47. The normalized spacial score (nSPS) is 20.5. The molecule has 0 aliphatic carbocycles. The largest absolute Gasteiger partial charge is 0.378 e. The van der Waals surface area contributed by atoms with E-state index >= 15 is 0 Å². The first-order chi connectivity index (χ1) is 12.6. The summed E-state index contributed by atoms with van der Waals surface area (Å²) in [4.78, 5) is 26.2. The van der Waals surface area contributed by atoms with Gasteiger partial charge in [-0.25, -0.2) is 0 Å². The summed E-state index contributed by atoms with van der Waals surface area (Å²) in [5.74, 6) is -0.268. The van der Waals surface area contributed by atoms with Gasteiger partial charge in [0.1, 0.15) is 0 Å². The minimum atomic E-state index is -0.299. The Morgan fingerprint density at radius 2 is 2.19 bits per heavy atom. The lowest BCUT2D eigenvalue weighted by Gasteiger charge is -2.28. The molecule has 2 amide bonds. The second-order valence-corrected chi connectivity index (χ2v) is 7.90. The van der Waals surface area contributed by atoms with Gasteiger partial charge in [-0.1, -0.05) is 39.8 Å². The topological polar surface area (TPSA) is 82.4 Å². The van der Waals surface area contributed by atoms with Crippen LogP contribution in [0.3, 0.4) is 0 Å². The minimum absolute atomic E-state index is 0.0121. The van der Waals surface area contributed by atoms with Crippen LogP contribution in [0.25, 0.3) is 0 Å². The summed E-state index contributed by atoms with van der Waals surface area (Å²) < 4.78 is 6.15. The Bertz CT molecular complexity index is 784. The number of carbonyl (C=O) groups excluding carboxylic acids is 2. The molecule has 1 aromatic rings. The lowest BCUT2D eigenvalue weighted by atomic mass is 9.87. The molecule has 1 atom stereocenters. The number of rotatable bonds is 4. The zero-order chi connectivity index (χ0) is 18.5. The monoisotopic (exact) mass is 435 g/mol. The van der Waals surface area contributed by atoms with Crippen molar-refractivity contribution in [1.82, 2.24) is 10.2 Å². The van der Waals surface area contributed by atoms with Crippen LogP contribution in [-0.2, 0) is 14.3 Å². The number of amides is 2. The van der Waals surface area contributed by atoms with E-state index in [0.717, 1.165) is 10.0 Å². The second kappa shape index (κ2) is 8.71.